The van der Waals surface area contributed by atoms with Crippen LogP contribution in [0.4, 0.5) is 0 Å². The third-order valence-electron chi connectivity index (χ3n) is 2.50. The lowest BCUT2D eigenvalue weighted by Crippen LogP contribution is -2.42. The summed E-state index contributed by atoms with van der Waals surface area (Å²) in [6, 6.07) is 0.935. The Hall–Kier alpha value is 0.270. The van der Waals surface area contributed by atoms with Gasteiger partial charge in [-0.05, 0) is 12.8 Å². The number of hydrogen-bond donors (Lipinski definition) is 1. The molecule has 1 saturated heterocycles. The van der Waals surface area contributed by atoms with Crippen molar-refractivity contribution in [2.24, 2.45) is 5.73 Å². The van der Waals surface area contributed by atoms with Gasteiger partial charge in [0, 0.05) is 36.7 Å². The topological polar surface area (TPSA) is 29.3 Å². The van der Waals surface area contributed by atoms with E-state index in [1.807, 2.05) is 11.8 Å². The van der Waals surface area contributed by atoms with E-state index < -0.39 is 0 Å². The summed E-state index contributed by atoms with van der Waals surface area (Å²) in [6.07, 6.45) is 2.86. The fourth-order valence-corrected chi connectivity index (χ4v) is 2.76. The Labute approximate surface area is 72.5 Å². The molecule has 1 aliphatic heterocycles. The molecular formula is C8H16N2S. The second kappa shape index (κ2) is 3.33. The van der Waals surface area contributed by atoms with Gasteiger partial charge in [-0.1, -0.05) is 0 Å². The summed E-state index contributed by atoms with van der Waals surface area (Å²) in [6.45, 7) is 3.39. The van der Waals surface area contributed by atoms with E-state index in [1.54, 1.807) is 0 Å². The Morgan fingerprint density at radius 1 is 1.45 bits per heavy atom. The predicted molar refractivity (Wildman–Crippen MR) is 49.9 cm³/mol. The van der Waals surface area contributed by atoms with Crippen molar-refractivity contribution in [1.82, 2.24) is 4.90 Å². The van der Waals surface area contributed by atoms with Crippen LogP contribution in [0, 0.1) is 0 Å². The summed E-state index contributed by atoms with van der Waals surface area (Å²) in [5, 5.41) is 0.712. The first-order chi connectivity index (χ1) is 5.40. The molecule has 1 atom stereocenters. The first-order valence-corrected chi connectivity index (χ1v) is 5.51. The smallest absolute Gasteiger partial charge is 0.0298 e. The monoisotopic (exact) mass is 172 g/mol. The minimum Gasteiger partial charge on any atom is -0.329 e. The maximum Gasteiger partial charge on any atom is 0.0298 e. The van der Waals surface area contributed by atoms with Gasteiger partial charge in [0.1, 0.15) is 0 Å². The van der Waals surface area contributed by atoms with Crippen LogP contribution in [0.5, 0.6) is 0 Å². The highest BCUT2D eigenvalue weighted by Crippen LogP contribution is 2.30. The zero-order chi connectivity index (χ0) is 7.68. The highest BCUT2D eigenvalue weighted by Gasteiger charge is 2.32. The van der Waals surface area contributed by atoms with Crippen LogP contribution in [0.3, 0.4) is 0 Å². The molecule has 2 rings (SSSR count). The molecule has 1 heterocycles. The largest absolute Gasteiger partial charge is 0.329 e. The van der Waals surface area contributed by atoms with E-state index >= 15 is 0 Å². The van der Waals surface area contributed by atoms with Gasteiger partial charge in [-0.15, -0.1) is 0 Å². The van der Waals surface area contributed by atoms with Crippen LogP contribution in [0.2, 0.25) is 0 Å². The zero-order valence-corrected chi connectivity index (χ0v) is 7.65. The Balaban J connectivity index is 1.82. The molecule has 2 aliphatic rings. The zero-order valence-electron chi connectivity index (χ0n) is 6.83. The number of nitrogens with zero attached hydrogens (tertiary/aromatic N) is 1. The summed E-state index contributed by atoms with van der Waals surface area (Å²) in [4.78, 5) is 2.62. The molecule has 3 heteroatoms. The first-order valence-electron chi connectivity index (χ1n) is 4.46. The van der Waals surface area contributed by atoms with Crippen molar-refractivity contribution < 1.29 is 0 Å². The van der Waals surface area contributed by atoms with Crippen molar-refractivity contribution >= 4 is 11.8 Å². The predicted octanol–water partition coefficient (Wildman–Crippen LogP) is 0.525. The van der Waals surface area contributed by atoms with Gasteiger partial charge in [-0.25, -0.2) is 0 Å². The average molecular weight is 172 g/mol. The van der Waals surface area contributed by atoms with Gasteiger partial charge < -0.3 is 5.73 Å². The van der Waals surface area contributed by atoms with Gasteiger partial charge in [-0.3, -0.25) is 4.90 Å². The molecule has 1 saturated carbocycles. The van der Waals surface area contributed by atoms with Crippen molar-refractivity contribution in [3.8, 4) is 0 Å². The normalized spacial score (nSPS) is 34.1. The van der Waals surface area contributed by atoms with Crippen LogP contribution in [0.1, 0.15) is 12.8 Å². The molecule has 2 fully saturated rings. The summed E-state index contributed by atoms with van der Waals surface area (Å²) >= 11 is 2.05. The van der Waals surface area contributed by atoms with Gasteiger partial charge in [0.25, 0.3) is 0 Å². The van der Waals surface area contributed by atoms with E-state index in [-0.39, 0.29) is 0 Å². The van der Waals surface area contributed by atoms with Crippen LogP contribution in [0.25, 0.3) is 0 Å². The van der Waals surface area contributed by atoms with Crippen LogP contribution in [0.15, 0.2) is 0 Å². The number of nitrogens with two attached hydrogens (primary N) is 1. The van der Waals surface area contributed by atoms with E-state index in [1.165, 1.54) is 31.7 Å². The van der Waals surface area contributed by atoms with E-state index in [0.29, 0.717) is 5.25 Å². The maximum absolute atomic E-state index is 5.64. The fourth-order valence-electron chi connectivity index (χ4n) is 1.66. The second-order valence-corrected chi connectivity index (χ2v) is 4.86. The fraction of sp³-hybridized carbons (Fsp3) is 1.00. The molecule has 2 N–H and O–H groups in total. The Kier molecular flexibility index (Phi) is 2.39. The summed E-state index contributed by atoms with van der Waals surface area (Å²) in [5.74, 6) is 1.29. The van der Waals surface area contributed by atoms with Crippen molar-refractivity contribution in [2.45, 2.75) is 24.1 Å². The van der Waals surface area contributed by atoms with Crippen molar-refractivity contribution in [2.75, 3.05) is 25.4 Å². The van der Waals surface area contributed by atoms with Gasteiger partial charge in [0.2, 0.25) is 0 Å². The molecule has 0 aromatic heterocycles. The highest BCUT2D eigenvalue weighted by atomic mass is 32.2. The quantitative estimate of drug-likeness (QED) is 0.658. The van der Waals surface area contributed by atoms with Gasteiger partial charge in [-0.2, -0.15) is 11.8 Å². The summed E-state index contributed by atoms with van der Waals surface area (Å²) < 4.78 is 0. The standard InChI is InChI=1S/C8H16N2S/c9-5-8-6-10(3-4-11-8)7-1-2-7/h7-8H,1-6,9H2. The first kappa shape index (κ1) is 7.90. The molecular weight excluding hydrogens is 156 g/mol. The molecule has 0 radical (unpaired) electrons. The van der Waals surface area contributed by atoms with Crippen molar-refractivity contribution in [1.29, 1.82) is 0 Å². The molecule has 1 unspecified atom stereocenters. The van der Waals surface area contributed by atoms with E-state index in [4.69, 9.17) is 5.73 Å². The number of thioether (sulfide) groups is 1. The number of hydrogen-bond acceptors (Lipinski definition) is 3. The summed E-state index contributed by atoms with van der Waals surface area (Å²) in [5.41, 5.74) is 5.64. The maximum atomic E-state index is 5.64. The molecule has 1 aliphatic carbocycles. The Morgan fingerprint density at radius 3 is 2.91 bits per heavy atom. The molecule has 2 nitrogen and oxygen atoms in total. The van der Waals surface area contributed by atoms with Crippen LogP contribution in [-0.4, -0.2) is 41.6 Å². The van der Waals surface area contributed by atoms with Crippen LogP contribution < -0.4 is 5.73 Å². The second-order valence-electron chi connectivity index (χ2n) is 3.45. The number of rotatable bonds is 2. The molecule has 0 spiro atoms. The minimum atomic E-state index is 0.712. The highest BCUT2D eigenvalue weighted by molar-refractivity contribution is 8.00. The van der Waals surface area contributed by atoms with E-state index in [0.717, 1.165) is 12.6 Å². The Morgan fingerprint density at radius 2 is 2.27 bits per heavy atom. The average Bonchev–Trinajstić information content (AvgIpc) is 2.87. The molecule has 0 aromatic rings. The molecule has 11 heavy (non-hydrogen) atoms. The van der Waals surface area contributed by atoms with E-state index in [2.05, 4.69) is 4.90 Å². The molecule has 0 bridgehead atoms. The third kappa shape index (κ3) is 1.89. The SMILES string of the molecule is NCC1CN(C2CC2)CCS1. The third-order valence-corrected chi connectivity index (χ3v) is 3.73. The van der Waals surface area contributed by atoms with Crippen LogP contribution in [-0.2, 0) is 0 Å². The Bertz CT molecular complexity index is 136. The lowest BCUT2D eigenvalue weighted by atomic mass is 10.3. The molecule has 0 aromatic carbocycles. The van der Waals surface area contributed by atoms with Crippen LogP contribution >= 0.6 is 11.8 Å². The van der Waals surface area contributed by atoms with Gasteiger partial charge in [0.15, 0.2) is 0 Å². The molecule has 64 valence electrons. The summed E-state index contributed by atoms with van der Waals surface area (Å²) in [7, 11) is 0. The lowest BCUT2D eigenvalue weighted by molar-refractivity contribution is 0.274. The van der Waals surface area contributed by atoms with Gasteiger partial charge in [0.05, 0.1) is 0 Å². The van der Waals surface area contributed by atoms with E-state index in [9.17, 15) is 0 Å². The van der Waals surface area contributed by atoms with Crippen molar-refractivity contribution in [3.63, 3.8) is 0 Å². The van der Waals surface area contributed by atoms with Gasteiger partial charge >= 0.3 is 0 Å². The molecule has 0 amide bonds. The minimum absolute atomic E-state index is 0.712. The lowest BCUT2D eigenvalue weighted by Gasteiger charge is -2.31. The van der Waals surface area contributed by atoms with Crippen molar-refractivity contribution in [3.05, 3.63) is 0 Å².